The van der Waals surface area contributed by atoms with E-state index in [2.05, 4.69) is 10.9 Å². The first-order valence-electron chi connectivity index (χ1n) is 10.3. The first-order chi connectivity index (χ1) is 14.8. The predicted molar refractivity (Wildman–Crippen MR) is 114 cm³/mol. The van der Waals surface area contributed by atoms with Gasteiger partial charge in [0.1, 0.15) is 5.82 Å². The fraction of sp³-hybridized carbons (Fsp3) is 0.364. The third-order valence-electron chi connectivity index (χ3n) is 5.14. The lowest BCUT2D eigenvalue weighted by molar-refractivity contribution is -0.128. The quantitative estimate of drug-likeness (QED) is 0.637. The van der Waals surface area contributed by atoms with Gasteiger partial charge in [0.25, 0.3) is 0 Å². The highest BCUT2D eigenvalue weighted by Crippen LogP contribution is 2.21. The van der Waals surface area contributed by atoms with Gasteiger partial charge in [-0.05, 0) is 54.7 Å². The van der Waals surface area contributed by atoms with Gasteiger partial charge in [0, 0.05) is 19.5 Å². The average molecular weight is 448 g/mol. The molecule has 0 bridgehead atoms. The topological polar surface area (TPSA) is 95.6 Å². The van der Waals surface area contributed by atoms with E-state index in [0.717, 1.165) is 24.8 Å². The van der Waals surface area contributed by atoms with E-state index in [1.54, 1.807) is 24.3 Å². The molecule has 0 atom stereocenters. The summed E-state index contributed by atoms with van der Waals surface area (Å²) in [5, 5.41) is 0. The Morgan fingerprint density at radius 2 is 1.42 bits per heavy atom. The minimum atomic E-state index is -3.47. The number of carbonyl (C=O) groups excluding carboxylic acids is 2. The van der Waals surface area contributed by atoms with Crippen LogP contribution in [0.15, 0.2) is 53.4 Å². The van der Waals surface area contributed by atoms with Gasteiger partial charge in [0.2, 0.25) is 21.8 Å². The molecule has 1 aliphatic rings. The second kappa shape index (κ2) is 10.5. The summed E-state index contributed by atoms with van der Waals surface area (Å²) in [4.78, 5) is 24.1. The standard InChI is InChI=1S/C22H26FN3O4S/c23-19-9-4-18(5-10-19)16-22(28)25-24-21(27)13-8-17-6-11-20(12-7-17)31(29,30)26-14-2-1-3-15-26/h4-7,9-12H,1-3,8,13-16H2,(H,24,27)(H,25,28). The smallest absolute Gasteiger partial charge is 0.243 e. The van der Waals surface area contributed by atoms with Gasteiger partial charge in [-0.2, -0.15) is 4.31 Å². The minimum absolute atomic E-state index is 0.0213. The zero-order chi connectivity index (χ0) is 22.3. The monoisotopic (exact) mass is 447 g/mol. The van der Waals surface area contributed by atoms with Gasteiger partial charge in [-0.1, -0.05) is 30.7 Å². The van der Waals surface area contributed by atoms with Crippen LogP contribution in [-0.2, 0) is 32.5 Å². The maximum atomic E-state index is 12.9. The Hall–Kier alpha value is -2.78. The number of amides is 2. The fourth-order valence-corrected chi connectivity index (χ4v) is 4.89. The molecule has 0 unspecified atom stereocenters. The highest BCUT2D eigenvalue weighted by atomic mass is 32.2. The van der Waals surface area contributed by atoms with Crippen molar-refractivity contribution < 1.29 is 22.4 Å². The van der Waals surface area contributed by atoms with E-state index in [0.29, 0.717) is 25.1 Å². The molecule has 3 rings (SSSR count). The van der Waals surface area contributed by atoms with Crippen LogP contribution in [-0.4, -0.2) is 37.6 Å². The second-order valence-electron chi connectivity index (χ2n) is 7.51. The lowest BCUT2D eigenvalue weighted by Gasteiger charge is -2.25. The summed E-state index contributed by atoms with van der Waals surface area (Å²) in [5.74, 6) is -1.15. The number of rotatable bonds is 7. The van der Waals surface area contributed by atoms with E-state index in [9.17, 15) is 22.4 Å². The van der Waals surface area contributed by atoms with Crippen molar-refractivity contribution in [1.82, 2.24) is 15.2 Å². The summed E-state index contributed by atoms with van der Waals surface area (Å²) in [5.41, 5.74) is 6.13. The number of benzene rings is 2. The van der Waals surface area contributed by atoms with E-state index in [1.807, 2.05) is 0 Å². The zero-order valence-electron chi connectivity index (χ0n) is 17.1. The van der Waals surface area contributed by atoms with Crippen molar-refractivity contribution in [2.45, 2.75) is 43.4 Å². The highest BCUT2D eigenvalue weighted by molar-refractivity contribution is 7.89. The van der Waals surface area contributed by atoms with E-state index >= 15 is 0 Å². The Morgan fingerprint density at radius 3 is 2.06 bits per heavy atom. The molecule has 2 aromatic rings. The fourth-order valence-electron chi connectivity index (χ4n) is 3.37. The lowest BCUT2D eigenvalue weighted by Crippen LogP contribution is -2.42. The number of carbonyl (C=O) groups is 2. The first-order valence-corrected chi connectivity index (χ1v) is 11.7. The summed E-state index contributed by atoms with van der Waals surface area (Å²) in [7, 11) is -3.47. The Labute approximate surface area is 181 Å². The lowest BCUT2D eigenvalue weighted by atomic mass is 10.1. The molecule has 0 saturated carbocycles. The van der Waals surface area contributed by atoms with Gasteiger partial charge in [-0.25, -0.2) is 12.8 Å². The first kappa shape index (κ1) is 22.9. The molecule has 1 aliphatic heterocycles. The molecule has 1 heterocycles. The number of hydrazine groups is 1. The van der Waals surface area contributed by atoms with Crippen LogP contribution >= 0.6 is 0 Å². The molecule has 2 amide bonds. The van der Waals surface area contributed by atoms with Gasteiger partial charge in [-0.15, -0.1) is 0 Å². The zero-order valence-corrected chi connectivity index (χ0v) is 18.0. The van der Waals surface area contributed by atoms with Crippen molar-refractivity contribution in [3.63, 3.8) is 0 Å². The van der Waals surface area contributed by atoms with Crippen LogP contribution in [0.1, 0.15) is 36.8 Å². The van der Waals surface area contributed by atoms with Gasteiger partial charge in [0.05, 0.1) is 11.3 Å². The summed E-state index contributed by atoms with van der Waals surface area (Å²) in [6, 6.07) is 12.1. The van der Waals surface area contributed by atoms with E-state index in [1.165, 1.54) is 28.6 Å². The van der Waals surface area contributed by atoms with E-state index < -0.39 is 15.9 Å². The molecule has 2 aromatic carbocycles. The van der Waals surface area contributed by atoms with Gasteiger partial charge >= 0.3 is 0 Å². The van der Waals surface area contributed by atoms with Crippen molar-refractivity contribution in [3.8, 4) is 0 Å². The van der Waals surface area contributed by atoms with Crippen molar-refractivity contribution in [1.29, 1.82) is 0 Å². The van der Waals surface area contributed by atoms with Gasteiger partial charge in [0.15, 0.2) is 0 Å². The van der Waals surface area contributed by atoms with E-state index in [4.69, 9.17) is 0 Å². The second-order valence-corrected chi connectivity index (χ2v) is 9.45. The maximum Gasteiger partial charge on any atom is 0.243 e. The molecule has 0 aliphatic carbocycles. The van der Waals surface area contributed by atoms with Crippen LogP contribution in [0.2, 0.25) is 0 Å². The van der Waals surface area contributed by atoms with Gasteiger partial charge < -0.3 is 0 Å². The molecule has 31 heavy (non-hydrogen) atoms. The maximum absolute atomic E-state index is 12.9. The number of hydrogen-bond acceptors (Lipinski definition) is 4. The molecule has 0 radical (unpaired) electrons. The Kier molecular flexibility index (Phi) is 7.75. The van der Waals surface area contributed by atoms with E-state index in [-0.39, 0.29) is 29.5 Å². The van der Waals surface area contributed by atoms with Crippen LogP contribution in [0, 0.1) is 5.82 Å². The number of piperidine rings is 1. The minimum Gasteiger partial charge on any atom is -0.273 e. The molecule has 166 valence electrons. The molecule has 2 N–H and O–H groups in total. The molecule has 0 aromatic heterocycles. The largest absolute Gasteiger partial charge is 0.273 e. The summed E-state index contributed by atoms with van der Waals surface area (Å²) in [6.45, 7) is 1.11. The molecular weight excluding hydrogens is 421 g/mol. The van der Waals surface area contributed by atoms with Gasteiger partial charge in [-0.3, -0.25) is 20.4 Å². The summed E-state index contributed by atoms with van der Waals surface area (Å²) < 4.78 is 39.7. The molecule has 7 nitrogen and oxygen atoms in total. The number of sulfonamides is 1. The summed E-state index contributed by atoms with van der Waals surface area (Å²) >= 11 is 0. The number of halogens is 1. The number of aryl methyl sites for hydroxylation is 1. The van der Waals surface area contributed by atoms with Crippen molar-refractivity contribution in [2.24, 2.45) is 0 Å². The van der Waals surface area contributed by atoms with Crippen molar-refractivity contribution in [2.75, 3.05) is 13.1 Å². The Bertz CT molecular complexity index is 1000. The predicted octanol–water partition coefficient (Wildman–Crippen LogP) is 2.32. The van der Waals surface area contributed by atoms with Crippen LogP contribution < -0.4 is 10.9 Å². The SMILES string of the molecule is O=C(CCc1ccc(S(=O)(=O)N2CCCCC2)cc1)NNC(=O)Cc1ccc(F)cc1. The third-order valence-corrected chi connectivity index (χ3v) is 7.05. The van der Waals surface area contributed by atoms with Crippen LogP contribution in [0.5, 0.6) is 0 Å². The number of nitrogens with one attached hydrogen (secondary N) is 2. The normalized spacial score (nSPS) is 14.7. The molecule has 1 saturated heterocycles. The highest BCUT2D eigenvalue weighted by Gasteiger charge is 2.25. The van der Waals surface area contributed by atoms with Crippen LogP contribution in [0.3, 0.4) is 0 Å². The molecule has 1 fully saturated rings. The van der Waals surface area contributed by atoms with Crippen LogP contribution in [0.4, 0.5) is 4.39 Å². The molecule has 9 heteroatoms. The Morgan fingerprint density at radius 1 is 0.839 bits per heavy atom. The molecular formula is C22H26FN3O4S. The average Bonchev–Trinajstić information content (AvgIpc) is 2.79. The summed E-state index contributed by atoms with van der Waals surface area (Å²) in [6.07, 6.45) is 3.38. The Balaban J connectivity index is 1.43. The van der Waals surface area contributed by atoms with Crippen LogP contribution in [0.25, 0.3) is 0 Å². The third kappa shape index (κ3) is 6.60. The molecule has 0 spiro atoms. The number of hydrogen-bond donors (Lipinski definition) is 2. The van der Waals surface area contributed by atoms with Crippen molar-refractivity contribution >= 4 is 21.8 Å². The van der Waals surface area contributed by atoms with Crippen molar-refractivity contribution in [3.05, 3.63) is 65.5 Å². The number of nitrogens with zero attached hydrogens (tertiary/aromatic N) is 1.